The molecular formula is C38H37IrN8. The SMILES string of the molecule is CN(C)c1ccc(-c2cc(-c3ccccn3)[n-]n2)cc1.Cc1cc(C)n(-c2[c-]cccc2)n1.Cc1cc(C)n(-c2[c-]cccc2)n1.[Ir+3]. The molecule has 238 valence electrons. The number of aromatic nitrogens is 7. The van der Waals surface area contributed by atoms with Crippen LogP contribution in [0.4, 0.5) is 5.69 Å². The molecule has 4 heterocycles. The van der Waals surface area contributed by atoms with Gasteiger partial charge in [-0.2, -0.15) is 58.7 Å². The van der Waals surface area contributed by atoms with Gasteiger partial charge in [0.25, 0.3) is 0 Å². The smallest absolute Gasteiger partial charge is 0.573 e. The van der Waals surface area contributed by atoms with Gasteiger partial charge in [0.15, 0.2) is 0 Å². The standard InChI is InChI=1S/C16H15N4.2C11H11N2.Ir/c1-20(2)13-8-6-12(7-9-13)15-11-16(19-18-15)14-5-3-4-10-17-14;2*1-9-8-10(2)13(12-9)11-6-4-3-5-7-11;/h3-11H,1-2H3;2*3-6,8H,1-2H3;/q3*-1;+3. The van der Waals surface area contributed by atoms with Crippen LogP contribution in [0.3, 0.4) is 0 Å². The van der Waals surface area contributed by atoms with E-state index in [4.69, 9.17) is 0 Å². The zero-order valence-electron chi connectivity index (χ0n) is 27.4. The minimum Gasteiger partial charge on any atom is -0.573 e. The number of pyridine rings is 1. The van der Waals surface area contributed by atoms with Crippen molar-refractivity contribution in [3.8, 4) is 34.0 Å². The normalized spacial score (nSPS) is 10.2. The van der Waals surface area contributed by atoms with Crippen LogP contribution in [0.15, 0.2) is 115 Å². The largest absolute Gasteiger partial charge is 3.00 e. The third-order valence-electron chi connectivity index (χ3n) is 7.01. The molecule has 0 amide bonds. The number of hydrogen-bond acceptors (Lipinski definition) is 5. The Morgan fingerprint density at radius 3 is 1.62 bits per heavy atom. The molecule has 0 atom stereocenters. The predicted octanol–water partition coefficient (Wildman–Crippen LogP) is 7.41. The number of para-hydroxylation sites is 2. The maximum absolute atomic E-state index is 4.37. The van der Waals surface area contributed by atoms with Gasteiger partial charge in [0.05, 0.1) is 11.4 Å². The van der Waals surface area contributed by atoms with E-state index in [1.807, 2.05) is 124 Å². The van der Waals surface area contributed by atoms with Crippen LogP contribution in [0, 0.1) is 39.8 Å². The summed E-state index contributed by atoms with van der Waals surface area (Å²) in [4.78, 5) is 6.35. The number of rotatable bonds is 5. The van der Waals surface area contributed by atoms with Crippen molar-refractivity contribution in [3.05, 3.63) is 150 Å². The third kappa shape index (κ3) is 9.22. The molecule has 47 heavy (non-hydrogen) atoms. The van der Waals surface area contributed by atoms with Crippen molar-refractivity contribution in [1.82, 2.24) is 34.7 Å². The molecule has 8 nitrogen and oxygen atoms in total. The summed E-state index contributed by atoms with van der Waals surface area (Å²) in [5.41, 5.74) is 11.1. The molecule has 0 bridgehead atoms. The fourth-order valence-corrected chi connectivity index (χ4v) is 4.78. The minimum absolute atomic E-state index is 0. The molecule has 0 aliphatic carbocycles. The van der Waals surface area contributed by atoms with Crippen LogP contribution in [-0.4, -0.2) is 43.7 Å². The molecule has 0 spiro atoms. The molecule has 7 aromatic rings. The Morgan fingerprint density at radius 1 is 0.638 bits per heavy atom. The van der Waals surface area contributed by atoms with Crippen molar-refractivity contribution in [1.29, 1.82) is 0 Å². The van der Waals surface area contributed by atoms with Gasteiger partial charge < -0.3 is 15.1 Å². The van der Waals surface area contributed by atoms with E-state index in [2.05, 4.69) is 78.8 Å². The van der Waals surface area contributed by atoms with Crippen molar-refractivity contribution in [2.45, 2.75) is 27.7 Å². The summed E-state index contributed by atoms with van der Waals surface area (Å²) in [7, 11) is 4.05. The van der Waals surface area contributed by atoms with Gasteiger partial charge in [-0.1, -0.05) is 23.9 Å². The van der Waals surface area contributed by atoms with Crippen LogP contribution in [-0.2, 0) is 20.1 Å². The molecule has 3 aromatic carbocycles. The van der Waals surface area contributed by atoms with Gasteiger partial charge in [-0.25, -0.2) is 0 Å². The van der Waals surface area contributed by atoms with E-state index < -0.39 is 0 Å². The Kier molecular flexibility index (Phi) is 12.2. The molecular weight excluding hydrogens is 761 g/mol. The van der Waals surface area contributed by atoms with Gasteiger partial charge in [-0.3, -0.25) is 14.3 Å². The number of aryl methyl sites for hydroxylation is 4. The molecule has 0 aliphatic rings. The van der Waals surface area contributed by atoms with Gasteiger partial charge in [-0.05, 0) is 87.1 Å². The summed E-state index contributed by atoms with van der Waals surface area (Å²) in [5.74, 6) is 0. The second kappa shape index (κ2) is 16.5. The summed E-state index contributed by atoms with van der Waals surface area (Å²) in [6, 6.07) is 42.1. The van der Waals surface area contributed by atoms with Crippen molar-refractivity contribution in [3.63, 3.8) is 0 Å². The van der Waals surface area contributed by atoms with Gasteiger partial charge in [0, 0.05) is 48.8 Å². The van der Waals surface area contributed by atoms with E-state index in [0.29, 0.717) is 0 Å². The van der Waals surface area contributed by atoms with Crippen LogP contribution in [0.2, 0.25) is 0 Å². The van der Waals surface area contributed by atoms with Crippen LogP contribution < -0.4 is 10.00 Å². The van der Waals surface area contributed by atoms with Crippen LogP contribution in [0.1, 0.15) is 22.8 Å². The van der Waals surface area contributed by atoms with E-state index in [-0.39, 0.29) is 20.1 Å². The first-order valence-electron chi connectivity index (χ1n) is 15.0. The number of benzene rings is 3. The van der Waals surface area contributed by atoms with Gasteiger partial charge in [0.2, 0.25) is 0 Å². The second-order valence-electron chi connectivity index (χ2n) is 10.9. The van der Waals surface area contributed by atoms with E-state index in [0.717, 1.165) is 56.8 Å². The Hall–Kier alpha value is -5.11. The molecule has 0 N–H and O–H groups in total. The fraction of sp³-hybridized carbons (Fsp3) is 0.158. The zero-order chi connectivity index (χ0) is 32.5. The molecule has 0 radical (unpaired) electrons. The first-order chi connectivity index (χ1) is 22.3. The molecule has 0 fully saturated rings. The van der Waals surface area contributed by atoms with Gasteiger partial charge in [0.1, 0.15) is 0 Å². The van der Waals surface area contributed by atoms with E-state index in [1.54, 1.807) is 6.20 Å². The molecule has 9 heteroatoms. The third-order valence-corrected chi connectivity index (χ3v) is 7.01. The zero-order valence-corrected chi connectivity index (χ0v) is 29.8. The quantitative estimate of drug-likeness (QED) is 0.169. The summed E-state index contributed by atoms with van der Waals surface area (Å²) in [5, 5.41) is 17.2. The molecule has 0 unspecified atom stereocenters. The molecule has 4 aromatic heterocycles. The van der Waals surface area contributed by atoms with Gasteiger partial charge >= 0.3 is 20.1 Å². The van der Waals surface area contributed by atoms with E-state index in [9.17, 15) is 0 Å². The van der Waals surface area contributed by atoms with Crippen LogP contribution in [0.25, 0.3) is 34.0 Å². The summed E-state index contributed by atoms with van der Waals surface area (Å²) in [6.07, 6.45) is 1.76. The number of anilines is 1. The number of hydrogen-bond donors (Lipinski definition) is 0. The van der Waals surface area contributed by atoms with Gasteiger partial charge in [-0.15, -0.1) is 12.1 Å². The Labute approximate surface area is 290 Å². The summed E-state index contributed by atoms with van der Waals surface area (Å²) < 4.78 is 3.80. The fourth-order valence-electron chi connectivity index (χ4n) is 4.78. The Bertz CT molecular complexity index is 1860. The van der Waals surface area contributed by atoms with Crippen LogP contribution in [0.5, 0.6) is 0 Å². The minimum atomic E-state index is 0. The second-order valence-corrected chi connectivity index (χ2v) is 10.9. The van der Waals surface area contributed by atoms with Crippen molar-refractivity contribution < 1.29 is 20.1 Å². The summed E-state index contributed by atoms with van der Waals surface area (Å²) in [6.45, 7) is 8.07. The number of nitrogens with zero attached hydrogens (tertiary/aromatic N) is 8. The monoisotopic (exact) mass is 798 g/mol. The summed E-state index contributed by atoms with van der Waals surface area (Å²) >= 11 is 0. The molecule has 0 aliphatic heterocycles. The maximum Gasteiger partial charge on any atom is 3.00 e. The average molecular weight is 798 g/mol. The molecule has 0 saturated heterocycles. The first kappa shape index (κ1) is 34.8. The van der Waals surface area contributed by atoms with E-state index >= 15 is 0 Å². The van der Waals surface area contributed by atoms with Crippen molar-refractivity contribution in [2.75, 3.05) is 19.0 Å². The van der Waals surface area contributed by atoms with E-state index in [1.165, 1.54) is 5.69 Å². The maximum atomic E-state index is 4.37. The predicted molar refractivity (Wildman–Crippen MR) is 184 cm³/mol. The topological polar surface area (TPSA) is 78.8 Å². The first-order valence-corrected chi connectivity index (χ1v) is 15.0. The van der Waals surface area contributed by atoms with Crippen molar-refractivity contribution >= 4 is 5.69 Å². The Morgan fingerprint density at radius 2 is 1.19 bits per heavy atom. The average Bonchev–Trinajstić information content (AvgIpc) is 3.81. The molecule has 0 saturated carbocycles. The Balaban J connectivity index is 0.000000164. The molecule has 7 rings (SSSR count). The van der Waals surface area contributed by atoms with Crippen molar-refractivity contribution in [2.24, 2.45) is 0 Å². The van der Waals surface area contributed by atoms with Crippen LogP contribution >= 0.6 is 0 Å².